The van der Waals surface area contributed by atoms with E-state index in [0.717, 1.165) is 24.5 Å². The van der Waals surface area contributed by atoms with Gasteiger partial charge in [0.1, 0.15) is 5.25 Å². The van der Waals surface area contributed by atoms with Gasteiger partial charge in [-0.15, -0.1) is 0 Å². The van der Waals surface area contributed by atoms with E-state index in [1.165, 1.54) is 0 Å². The number of carbonyl (C=O) groups is 1. The van der Waals surface area contributed by atoms with E-state index in [4.69, 9.17) is 0 Å². The van der Waals surface area contributed by atoms with Crippen molar-refractivity contribution in [3.05, 3.63) is 34.9 Å². The maximum atomic E-state index is 12.5. The molecule has 1 aromatic rings. The Labute approximate surface area is 102 Å². The topological polar surface area (TPSA) is 51.2 Å². The predicted molar refractivity (Wildman–Crippen MR) is 58.1 cm³/mol. The van der Waals surface area contributed by atoms with Crippen LogP contribution in [0.1, 0.15) is 21.5 Å². The zero-order valence-corrected chi connectivity index (χ0v) is 10.1. The lowest BCUT2D eigenvalue weighted by atomic mass is 10.1. The quantitative estimate of drug-likeness (QED) is 0.788. The molecule has 0 aromatic heterocycles. The molecule has 1 aliphatic rings. The number of benzene rings is 1. The van der Waals surface area contributed by atoms with Crippen LogP contribution in [0.25, 0.3) is 0 Å². The summed E-state index contributed by atoms with van der Waals surface area (Å²) in [4.78, 5) is 11.7. The molecule has 7 heteroatoms. The van der Waals surface area contributed by atoms with Crippen LogP contribution in [0.5, 0.6) is 0 Å². The summed E-state index contributed by atoms with van der Waals surface area (Å²) in [6, 6.07) is 2.69. The van der Waals surface area contributed by atoms with Gasteiger partial charge in [0.2, 0.25) is 0 Å². The number of Topliss-reactive ketones (excluding diaryl/α,β-unsaturated/α-hetero) is 1. The maximum absolute atomic E-state index is 12.5. The van der Waals surface area contributed by atoms with Gasteiger partial charge in [0, 0.05) is 11.8 Å². The molecule has 1 unspecified atom stereocenters. The van der Waals surface area contributed by atoms with Gasteiger partial charge in [0.25, 0.3) is 0 Å². The second-order valence-electron chi connectivity index (χ2n) is 4.26. The summed E-state index contributed by atoms with van der Waals surface area (Å²) in [5.41, 5.74) is -0.660. The molecular formula is C11H9F3O3S. The van der Waals surface area contributed by atoms with E-state index in [0.29, 0.717) is 0 Å². The summed E-state index contributed by atoms with van der Waals surface area (Å²) in [6.07, 6.45) is -3.77. The zero-order chi connectivity index (χ0) is 13.7. The molecule has 0 saturated heterocycles. The first-order valence-electron chi connectivity index (χ1n) is 5.04. The Morgan fingerprint density at radius 3 is 2.39 bits per heavy atom. The molecule has 98 valence electrons. The van der Waals surface area contributed by atoms with E-state index >= 15 is 0 Å². The van der Waals surface area contributed by atoms with E-state index in [1.807, 2.05) is 0 Å². The number of carbonyl (C=O) groups excluding carboxylic acids is 1. The molecule has 18 heavy (non-hydrogen) atoms. The first kappa shape index (κ1) is 13.1. The van der Waals surface area contributed by atoms with Crippen LogP contribution < -0.4 is 0 Å². The molecule has 0 bridgehead atoms. The second kappa shape index (κ2) is 3.81. The van der Waals surface area contributed by atoms with E-state index in [1.54, 1.807) is 0 Å². The van der Waals surface area contributed by atoms with Gasteiger partial charge in [0.15, 0.2) is 15.6 Å². The predicted octanol–water partition coefficient (Wildman–Crippen LogP) is 1.86. The highest BCUT2D eigenvalue weighted by molar-refractivity contribution is 7.92. The highest BCUT2D eigenvalue weighted by atomic mass is 32.2. The number of sulfone groups is 1. The van der Waals surface area contributed by atoms with Crippen LogP contribution in [-0.2, 0) is 22.4 Å². The van der Waals surface area contributed by atoms with Crippen LogP contribution in [-0.4, -0.2) is 25.7 Å². The lowest BCUT2D eigenvalue weighted by Crippen LogP contribution is -2.26. The fourth-order valence-corrected chi connectivity index (χ4v) is 2.99. The lowest BCUT2D eigenvalue weighted by molar-refractivity contribution is -0.137. The molecule has 0 amide bonds. The molecule has 0 heterocycles. The van der Waals surface area contributed by atoms with Crippen molar-refractivity contribution in [3.63, 3.8) is 0 Å². The van der Waals surface area contributed by atoms with Gasteiger partial charge in [-0.05, 0) is 24.1 Å². The van der Waals surface area contributed by atoms with Gasteiger partial charge >= 0.3 is 6.18 Å². The first-order chi connectivity index (χ1) is 8.10. The molecule has 0 spiro atoms. The molecule has 0 aliphatic heterocycles. The van der Waals surface area contributed by atoms with E-state index in [-0.39, 0.29) is 17.5 Å². The fraction of sp³-hybridized carbons (Fsp3) is 0.364. The van der Waals surface area contributed by atoms with Crippen molar-refractivity contribution in [1.82, 2.24) is 0 Å². The first-order valence-corrected chi connectivity index (χ1v) is 6.99. The Morgan fingerprint density at radius 1 is 1.28 bits per heavy atom. The molecule has 2 rings (SSSR count). The van der Waals surface area contributed by atoms with Gasteiger partial charge in [-0.2, -0.15) is 13.2 Å². The van der Waals surface area contributed by atoms with E-state index < -0.39 is 32.6 Å². The van der Waals surface area contributed by atoms with Crippen molar-refractivity contribution in [2.75, 3.05) is 6.26 Å². The van der Waals surface area contributed by atoms with Crippen molar-refractivity contribution in [1.29, 1.82) is 0 Å². The summed E-state index contributed by atoms with van der Waals surface area (Å²) in [5.74, 6) is -0.624. The third-order valence-electron chi connectivity index (χ3n) is 2.91. The smallest absolute Gasteiger partial charge is 0.293 e. The van der Waals surface area contributed by atoms with Crippen molar-refractivity contribution >= 4 is 15.6 Å². The molecule has 0 saturated carbocycles. The Hall–Kier alpha value is -1.37. The molecule has 3 nitrogen and oxygen atoms in total. The van der Waals surface area contributed by atoms with Crippen LogP contribution in [0.3, 0.4) is 0 Å². The summed E-state index contributed by atoms with van der Waals surface area (Å²) < 4.78 is 60.1. The molecule has 1 atom stereocenters. The highest BCUT2D eigenvalue weighted by Crippen LogP contribution is 2.34. The van der Waals surface area contributed by atoms with E-state index in [9.17, 15) is 26.4 Å². The number of hydrogen-bond acceptors (Lipinski definition) is 3. The van der Waals surface area contributed by atoms with Gasteiger partial charge < -0.3 is 0 Å². The zero-order valence-electron chi connectivity index (χ0n) is 9.28. The average molecular weight is 278 g/mol. The molecular weight excluding hydrogens is 269 g/mol. The third kappa shape index (κ3) is 2.14. The summed E-state index contributed by atoms with van der Waals surface area (Å²) in [6.45, 7) is 0. The molecule has 0 fully saturated rings. The molecule has 0 radical (unpaired) electrons. The van der Waals surface area contributed by atoms with Crippen LogP contribution in [0.4, 0.5) is 13.2 Å². The molecule has 1 aliphatic carbocycles. The molecule has 1 aromatic carbocycles. The van der Waals surface area contributed by atoms with Gasteiger partial charge in [-0.1, -0.05) is 6.07 Å². The number of fused-ring (bicyclic) bond motifs is 1. The van der Waals surface area contributed by atoms with Crippen LogP contribution in [0, 0.1) is 0 Å². The maximum Gasteiger partial charge on any atom is 0.416 e. The van der Waals surface area contributed by atoms with Crippen molar-refractivity contribution in [2.45, 2.75) is 17.8 Å². The lowest BCUT2D eigenvalue weighted by Gasteiger charge is -2.07. The normalized spacial score (nSPS) is 20.0. The number of halogens is 3. The highest BCUT2D eigenvalue weighted by Gasteiger charge is 2.39. The van der Waals surface area contributed by atoms with Crippen LogP contribution in [0.15, 0.2) is 18.2 Å². The van der Waals surface area contributed by atoms with Gasteiger partial charge in [0.05, 0.1) is 5.56 Å². The van der Waals surface area contributed by atoms with Crippen LogP contribution >= 0.6 is 0 Å². The number of ketones is 1. The Morgan fingerprint density at radius 2 is 1.89 bits per heavy atom. The number of rotatable bonds is 1. The SMILES string of the molecule is CS(=O)(=O)C1Cc2cc(C(F)(F)F)ccc2C1=O. The monoisotopic (exact) mass is 278 g/mol. The Kier molecular flexibility index (Phi) is 2.77. The molecule has 0 N–H and O–H groups in total. The Balaban J connectivity index is 2.48. The van der Waals surface area contributed by atoms with Gasteiger partial charge in [-0.25, -0.2) is 8.42 Å². The summed E-state index contributed by atoms with van der Waals surface area (Å²) in [7, 11) is -3.60. The number of alkyl halides is 3. The van der Waals surface area contributed by atoms with E-state index in [2.05, 4.69) is 0 Å². The third-order valence-corrected chi connectivity index (χ3v) is 4.33. The largest absolute Gasteiger partial charge is 0.416 e. The summed E-state index contributed by atoms with van der Waals surface area (Å²) >= 11 is 0. The second-order valence-corrected chi connectivity index (χ2v) is 6.48. The van der Waals surface area contributed by atoms with Crippen molar-refractivity contribution in [3.8, 4) is 0 Å². The van der Waals surface area contributed by atoms with Crippen molar-refractivity contribution < 1.29 is 26.4 Å². The minimum absolute atomic E-state index is 0.0680. The fourth-order valence-electron chi connectivity index (χ4n) is 1.99. The van der Waals surface area contributed by atoms with Crippen molar-refractivity contribution in [2.24, 2.45) is 0 Å². The Bertz CT molecular complexity index is 617. The average Bonchev–Trinajstić information content (AvgIpc) is 2.54. The minimum Gasteiger partial charge on any atom is -0.293 e. The van der Waals surface area contributed by atoms with Crippen LogP contribution in [0.2, 0.25) is 0 Å². The number of hydrogen-bond donors (Lipinski definition) is 0. The summed E-state index contributed by atoms with van der Waals surface area (Å²) in [5, 5.41) is -1.25. The standard InChI is InChI=1S/C11H9F3O3S/c1-18(16,17)9-5-6-4-7(11(12,13)14)2-3-8(6)10(9)15/h2-4,9H,5H2,1H3. The minimum atomic E-state index is -4.50. The van der Waals surface area contributed by atoms with Gasteiger partial charge in [-0.3, -0.25) is 4.79 Å².